The van der Waals surface area contributed by atoms with Crippen molar-refractivity contribution in [2.24, 2.45) is 0 Å². The molecule has 0 bridgehead atoms. The van der Waals surface area contributed by atoms with Crippen LogP contribution in [0.5, 0.6) is 0 Å². The van der Waals surface area contributed by atoms with E-state index in [2.05, 4.69) is 36.1 Å². The molecule has 0 N–H and O–H groups in total. The van der Waals surface area contributed by atoms with Crippen LogP contribution in [0.25, 0.3) is 16.6 Å². The van der Waals surface area contributed by atoms with Crippen LogP contribution in [0.3, 0.4) is 0 Å². The second-order valence-electron chi connectivity index (χ2n) is 4.81. The Labute approximate surface area is 128 Å². The fraction of sp³-hybridized carbons (Fsp3) is 0.143. The molecule has 21 heavy (non-hydrogen) atoms. The van der Waals surface area contributed by atoms with Crippen LogP contribution < -0.4 is 0 Å². The van der Waals surface area contributed by atoms with Crippen molar-refractivity contribution in [1.82, 2.24) is 29.4 Å². The van der Waals surface area contributed by atoms with Gasteiger partial charge in [0, 0.05) is 11.6 Å². The zero-order valence-corrected chi connectivity index (χ0v) is 12.8. The maximum Gasteiger partial charge on any atom is 0.176 e. The molecule has 0 aliphatic carbocycles. The van der Waals surface area contributed by atoms with E-state index in [0.717, 1.165) is 21.0 Å². The van der Waals surface area contributed by atoms with Gasteiger partial charge in [0.15, 0.2) is 11.5 Å². The highest BCUT2D eigenvalue weighted by molar-refractivity contribution is 9.10. The molecule has 3 heterocycles. The lowest BCUT2D eigenvalue weighted by molar-refractivity contribution is 0.536. The number of aromatic nitrogens is 6. The van der Waals surface area contributed by atoms with Gasteiger partial charge < -0.3 is 0 Å². The first-order valence-corrected chi connectivity index (χ1v) is 7.31. The van der Waals surface area contributed by atoms with Crippen LogP contribution in [0.1, 0.15) is 18.8 Å². The van der Waals surface area contributed by atoms with Crippen molar-refractivity contribution >= 4 is 32.5 Å². The van der Waals surface area contributed by atoms with Gasteiger partial charge in [0.1, 0.15) is 12.4 Å². The third-order valence-corrected chi connectivity index (χ3v) is 3.85. The monoisotopic (exact) mass is 342 g/mol. The van der Waals surface area contributed by atoms with Gasteiger partial charge in [0.05, 0.1) is 16.2 Å². The molecular weight excluding hydrogens is 332 g/mol. The van der Waals surface area contributed by atoms with Gasteiger partial charge in [-0.1, -0.05) is 12.1 Å². The number of hydrogen-bond donors (Lipinski definition) is 0. The molecule has 0 unspecified atom stereocenters. The number of para-hydroxylation sites is 1. The number of halogens is 1. The van der Waals surface area contributed by atoms with Crippen LogP contribution in [0.15, 0.2) is 47.5 Å². The van der Waals surface area contributed by atoms with Crippen molar-refractivity contribution in [1.29, 1.82) is 0 Å². The second kappa shape index (κ2) is 4.63. The summed E-state index contributed by atoms with van der Waals surface area (Å²) < 4.78 is 4.48. The number of hydrogen-bond acceptors (Lipinski definition) is 4. The Morgan fingerprint density at radius 2 is 2.10 bits per heavy atom. The lowest BCUT2D eigenvalue weighted by Crippen LogP contribution is -2.09. The maximum absolute atomic E-state index is 4.66. The van der Waals surface area contributed by atoms with E-state index >= 15 is 0 Å². The Bertz CT molecular complexity index is 941. The van der Waals surface area contributed by atoms with E-state index in [1.165, 1.54) is 0 Å². The Morgan fingerprint density at radius 3 is 2.90 bits per heavy atom. The van der Waals surface area contributed by atoms with Crippen molar-refractivity contribution in [3.05, 3.63) is 53.3 Å². The zero-order valence-electron chi connectivity index (χ0n) is 11.2. The molecule has 0 aliphatic rings. The number of fused-ring (bicyclic) bond motifs is 3. The molecule has 3 aromatic heterocycles. The second-order valence-corrected chi connectivity index (χ2v) is 5.73. The summed E-state index contributed by atoms with van der Waals surface area (Å²) in [6.07, 6.45) is 5.36. The molecule has 1 atom stereocenters. The van der Waals surface area contributed by atoms with Gasteiger partial charge in [-0.05, 0) is 35.0 Å². The molecule has 0 radical (unpaired) electrons. The molecule has 6 nitrogen and oxygen atoms in total. The summed E-state index contributed by atoms with van der Waals surface area (Å²) in [5, 5.41) is 9.80. The van der Waals surface area contributed by atoms with Crippen molar-refractivity contribution in [2.75, 3.05) is 0 Å². The third-order valence-electron chi connectivity index (χ3n) is 3.44. The van der Waals surface area contributed by atoms with Gasteiger partial charge in [-0.2, -0.15) is 5.10 Å². The number of benzene rings is 1. The lowest BCUT2D eigenvalue weighted by Gasteiger charge is -2.06. The Kier molecular flexibility index (Phi) is 2.75. The molecular formula is C14H11BrN6. The average molecular weight is 343 g/mol. The van der Waals surface area contributed by atoms with E-state index in [4.69, 9.17) is 0 Å². The predicted octanol–water partition coefficient (Wildman–Crippen LogP) is 2.85. The highest BCUT2D eigenvalue weighted by atomic mass is 79.9. The summed E-state index contributed by atoms with van der Waals surface area (Å²) >= 11 is 3.40. The average Bonchev–Trinajstić information content (AvgIpc) is 3.12. The normalized spacial score (nSPS) is 13.0. The minimum atomic E-state index is -0.0463. The predicted molar refractivity (Wildman–Crippen MR) is 82.0 cm³/mol. The molecule has 0 spiro atoms. The van der Waals surface area contributed by atoms with Crippen molar-refractivity contribution in [2.45, 2.75) is 13.0 Å². The molecule has 104 valence electrons. The van der Waals surface area contributed by atoms with Gasteiger partial charge in [0.2, 0.25) is 0 Å². The third kappa shape index (κ3) is 2.01. The molecule has 0 saturated heterocycles. The highest BCUT2D eigenvalue weighted by Crippen LogP contribution is 2.20. The minimum Gasteiger partial charge on any atom is -0.261 e. The molecule has 0 amide bonds. The maximum atomic E-state index is 4.66. The summed E-state index contributed by atoms with van der Waals surface area (Å²) in [6.45, 7) is 2.02. The number of rotatable bonds is 2. The smallest absolute Gasteiger partial charge is 0.176 e. The van der Waals surface area contributed by atoms with Gasteiger partial charge in [-0.15, -0.1) is 5.10 Å². The van der Waals surface area contributed by atoms with Crippen LogP contribution in [-0.4, -0.2) is 29.4 Å². The van der Waals surface area contributed by atoms with E-state index in [-0.39, 0.29) is 6.04 Å². The topological polar surface area (TPSA) is 60.9 Å². The first-order chi connectivity index (χ1) is 10.2. The molecule has 1 aromatic carbocycles. The quantitative estimate of drug-likeness (QED) is 0.562. The van der Waals surface area contributed by atoms with Crippen LogP contribution in [0, 0.1) is 0 Å². The lowest BCUT2D eigenvalue weighted by atomic mass is 10.2. The molecule has 4 aromatic rings. The summed E-state index contributed by atoms with van der Waals surface area (Å²) in [7, 11) is 0. The molecule has 7 heteroatoms. The summed E-state index contributed by atoms with van der Waals surface area (Å²) in [5.41, 5.74) is 1.73. The Hall–Kier alpha value is -2.28. The van der Waals surface area contributed by atoms with E-state index in [0.29, 0.717) is 5.82 Å². The van der Waals surface area contributed by atoms with Crippen LogP contribution in [0.4, 0.5) is 0 Å². The Morgan fingerprint density at radius 1 is 1.24 bits per heavy atom. The van der Waals surface area contributed by atoms with Crippen LogP contribution >= 0.6 is 15.9 Å². The van der Waals surface area contributed by atoms with Gasteiger partial charge >= 0.3 is 0 Å². The van der Waals surface area contributed by atoms with Gasteiger partial charge in [-0.25, -0.2) is 14.5 Å². The fourth-order valence-corrected chi connectivity index (χ4v) is 2.62. The minimum absolute atomic E-state index is 0.0463. The van der Waals surface area contributed by atoms with Crippen LogP contribution in [-0.2, 0) is 0 Å². The zero-order chi connectivity index (χ0) is 14.4. The van der Waals surface area contributed by atoms with Gasteiger partial charge in [-0.3, -0.25) is 4.68 Å². The standard InChI is InChI=1S/C14H11BrN6/c1-9(20-7-10(15)6-17-20)13-18-14-11-4-2-3-5-12(11)16-8-21(14)19-13/h2-9H,1H3/t9-/m1/s1. The number of nitrogens with zero attached hydrogens (tertiary/aromatic N) is 6. The molecule has 0 fully saturated rings. The highest BCUT2D eigenvalue weighted by Gasteiger charge is 2.16. The fourth-order valence-electron chi connectivity index (χ4n) is 2.32. The SMILES string of the molecule is C[C@H](c1nc2c3ccccc3ncn2n1)n1cc(Br)cn1. The molecule has 4 rings (SSSR count). The summed E-state index contributed by atoms with van der Waals surface area (Å²) in [6, 6.07) is 7.87. The molecule has 0 saturated carbocycles. The van der Waals surface area contributed by atoms with Gasteiger partial charge in [0.25, 0.3) is 0 Å². The van der Waals surface area contributed by atoms with Crippen molar-refractivity contribution in [3.63, 3.8) is 0 Å². The first-order valence-electron chi connectivity index (χ1n) is 6.52. The largest absolute Gasteiger partial charge is 0.261 e. The van der Waals surface area contributed by atoms with Crippen molar-refractivity contribution < 1.29 is 0 Å². The van der Waals surface area contributed by atoms with E-state index < -0.39 is 0 Å². The Balaban J connectivity index is 1.88. The van der Waals surface area contributed by atoms with Crippen molar-refractivity contribution in [3.8, 4) is 0 Å². The van der Waals surface area contributed by atoms with Crippen LogP contribution in [0.2, 0.25) is 0 Å². The van der Waals surface area contributed by atoms with E-state index in [1.54, 1.807) is 17.0 Å². The van der Waals surface area contributed by atoms with E-state index in [9.17, 15) is 0 Å². The summed E-state index contributed by atoms with van der Waals surface area (Å²) in [5.74, 6) is 0.712. The molecule has 0 aliphatic heterocycles. The van der Waals surface area contributed by atoms with E-state index in [1.807, 2.05) is 42.1 Å². The summed E-state index contributed by atoms with van der Waals surface area (Å²) in [4.78, 5) is 9.05. The first kappa shape index (κ1) is 12.5.